The first kappa shape index (κ1) is 24.4. The summed E-state index contributed by atoms with van der Waals surface area (Å²) in [6.07, 6.45) is 1.87. The van der Waals surface area contributed by atoms with Gasteiger partial charge in [0.25, 0.3) is 11.8 Å². The van der Waals surface area contributed by atoms with Crippen molar-refractivity contribution in [2.45, 2.75) is 32.1 Å². The second-order valence-electron chi connectivity index (χ2n) is 9.59. The monoisotopic (exact) mass is 493 g/mol. The molecule has 0 unspecified atom stereocenters. The maximum atomic E-state index is 14.8. The lowest BCUT2D eigenvalue weighted by Crippen LogP contribution is -2.45. The molecule has 0 saturated carbocycles. The van der Waals surface area contributed by atoms with Crippen LogP contribution in [0.15, 0.2) is 59.5 Å². The zero-order chi connectivity index (χ0) is 25.3. The van der Waals surface area contributed by atoms with E-state index < -0.39 is 20.0 Å². The maximum Gasteiger partial charge on any atom is 0.256 e. The van der Waals surface area contributed by atoms with Crippen molar-refractivity contribution >= 4 is 30.8 Å². The van der Waals surface area contributed by atoms with E-state index in [9.17, 15) is 18.8 Å². The van der Waals surface area contributed by atoms with E-state index in [0.29, 0.717) is 35.2 Å². The minimum atomic E-state index is -1.87. The third kappa shape index (κ3) is 5.04. The Bertz CT molecular complexity index is 1330. The minimum absolute atomic E-state index is 0.268. The van der Waals surface area contributed by atoms with Crippen LogP contribution in [0.4, 0.5) is 10.1 Å². The molecular formula is C26H28FN3O4Si. The Balaban J connectivity index is 1.70. The van der Waals surface area contributed by atoms with Crippen LogP contribution in [0.1, 0.15) is 27.5 Å². The van der Waals surface area contributed by atoms with Gasteiger partial charge in [-0.25, -0.2) is 4.39 Å². The number of fused-ring (bicyclic) bond motifs is 1. The van der Waals surface area contributed by atoms with E-state index in [-0.39, 0.29) is 22.8 Å². The average Bonchev–Trinajstić information content (AvgIpc) is 2.82. The molecule has 0 bridgehead atoms. The van der Waals surface area contributed by atoms with Gasteiger partial charge in [0.05, 0.1) is 20.7 Å². The normalized spacial score (nSPS) is 15.3. The number of benzene rings is 2. The van der Waals surface area contributed by atoms with Crippen molar-refractivity contribution in [2.24, 2.45) is 0 Å². The Morgan fingerprint density at radius 1 is 1.11 bits per heavy atom. The van der Waals surface area contributed by atoms with Gasteiger partial charge in [0.1, 0.15) is 17.6 Å². The van der Waals surface area contributed by atoms with Gasteiger partial charge in [-0.2, -0.15) is 0 Å². The highest BCUT2D eigenvalue weighted by atomic mass is 28.3. The molecule has 2 heterocycles. The van der Waals surface area contributed by atoms with Crippen LogP contribution in [0.5, 0.6) is 5.75 Å². The highest BCUT2D eigenvalue weighted by Gasteiger charge is 2.37. The predicted molar refractivity (Wildman–Crippen MR) is 136 cm³/mol. The first-order valence-electron chi connectivity index (χ1n) is 11.4. The molecule has 0 radical (unpaired) electrons. The fraction of sp³-hybridized carbons (Fsp3) is 0.269. The number of amides is 2. The van der Waals surface area contributed by atoms with Gasteiger partial charge in [0.2, 0.25) is 5.56 Å². The lowest BCUT2D eigenvalue weighted by molar-refractivity contribution is -0.121. The molecule has 35 heavy (non-hydrogen) atoms. The Morgan fingerprint density at radius 2 is 1.89 bits per heavy atom. The van der Waals surface area contributed by atoms with Gasteiger partial charge in [-0.15, -0.1) is 0 Å². The number of hydrogen-bond donors (Lipinski definition) is 2. The lowest BCUT2D eigenvalue weighted by Gasteiger charge is -2.36. The van der Waals surface area contributed by atoms with Crippen LogP contribution in [0, 0.1) is 5.82 Å². The Labute approximate surface area is 203 Å². The van der Waals surface area contributed by atoms with Gasteiger partial charge < -0.3 is 19.9 Å². The number of halogens is 1. The van der Waals surface area contributed by atoms with Crippen LogP contribution in [0.3, 0.4) is 0 Å². The van der Waals surface area contributed by atoms with Crippen molar-refractivity contribution in [3.05, 3.63) is 87.6 Å². The Morgan fingerprint density at radius 3 is 2.51 bits per heavy atom. The van der Waals surface area contributed by atoms with Crippen molar-refractivity contribution < 1.29 is 18.7 Å². The van der Waals surface area contributed by atoms with Crippen molar-refractivity contribution in [1.29, 1.82) is 0 Å². The van der Waals surface area contributed by atoms with Crippen LogP contribution < -0.4 is 20.8 Å². The minimum Gasteiger partial charge on any atom is -0.497 e. The number of rotatable bonds is 5. The number of carbonyl (C=O) groups excluding carboxylic acids is 2. The number of hydrogen-bond acceptors (Lipinski definition) is 4. The molecule has 4 rings (SSSR count). The Kier molecular flexibility index (Phi) is 6.62. The number of ether oxygens (including phenoxy) is 1. The van der Waals surface area contributed by atoms with Gasteiger partial charge in [0.15, 0.2) is 0 Å². The highest BCUT2D eigenvalue weighted by Crippen LogP contribution is 2.34. The second-order valence-corrected chi connectivity index (χ2v) is 14.6. The van der Waals surface area contributed by atoms with Crippen LogP contribution in [-0.2, 0) is 11.2 Å². The summed E-state index contributed by atoms with van der Waals surface area (Å²) < 4.78 is 20.1. The largest absolute Gasteiger partial charge is 0.497 e. The number of aromatic amines is 1. The van der Waals surface area contributed by atoms with E-state index in [1.54, 1.807) is 31.4 Å². The average molecular weight is 494 g/mol. The third-order valence-corrected chi connectivity index (χ3v) is 8.18. The first-order valence-corrected chi connectivity index (χ1v) is 14.9. The standard InChI is InChI=1S/C26H28FN3O4Si/c1-34-19-7-8-20-16(13-19)11-12-30(26(33)17-5-10-23(31)28-15-17)24(20)25(32)29-18-6-9-22(21(27)14-18)35(2,3)4/h5-10,13-15,24H,11-12H2,1-4H3,(H,28,31)(H,29,32)/t24-/m1/s1. The molecule has 182 valence electrons. The molecule has 0 spiro atoms. The summed E-state index contributed by atoms with van der Waals surface area (Å²) in [7, 11) is -0.306. The first-order chi connectivity index (χ1) is 16.6. The zero-order valence-corrected chi connectivity index (χ0v) is 21.1. The van der Waals surface area contributed by atoms with Crippen LogP contribution in [0.25, 0.3) is 0 Å². The number of nitrogens with zero attached hydrogens (tertiary/aromatic N) is 1. The molecule has 3 aromatic rings. The smallest absolute Gasteiger partial charge is 0.256 e. The summed E-state index contributed by atoms with van der Waals surface area (Å²) in [6, 6.07) is 11.9. The van der Waals surface area contributed by atoms with Gasteiger partial charge in [-0.1, -0.05) is 31.8 Å². The topological polar surface area (TPSA) is 91.5 Å². The number of H-pyrrole nitrogens is 1. The van der Waals surface area contributed by atoms with Gasteiger partial charge >= 0.3 is 0 Å². The fourth-order valence-corrected chi connectivity index (χ4v) is 5.72. The summed E-state index contributed by atoms with van der Waals surface area (Å²) in [5.41, 5.74) is 1.84. The van der Waals surface area contributed by atoms with E-state index in [4.69, 9.17) is 4.74 Å². The van der Waals surface area contributed by atoms with Crippen molar-refractivity contribution in [3.8, 4) is 5.75 Å². The van der Waals surface area contributed by atoms with Crippen LogP contribution >= 0.6 is 0 Å². The molecule has 7 nitrogen and oxygen atoms in total. The number of nitrogens with one attached hydrogen (secondary N) is 2. The molecule has 2 N–H and O–H groups in total. The van der Waals surface area contributed by atoms with Crippen molar-refractivity contribution in [3.63, 3.8) is 0 Å². The SMILES string of the molecule is COc1ccc2c(c1)CCN(C(=O)c1ccc(=O)[nH]c1)[C@H]2C(=O)Nc1ccc([Si](C)(C)C)c(F)c1. The second kappa shape index (κ2) is 9.50. The molecule has 1 atom stereocenters. The van der Waals surface area contributed by atoms with Gasteiger partial charge in [-0.3, -0.25) is 14.4 Å². The number of anilines is 1. The van der Waals surface area contributed by atoms with E-state index >= 15 is 0 Å². The summed E-state index contributed by atoms with van der Waals surface area (Å²) in [4.78, 5) is 42.4. The van der Waals surface area contributed by atoms with Crippen molar-refractivity contribution in [1.82, 2.24) is 9.88 Å². The Hall–Kier alpha value is -3.72. The van der Waals surface area contributed by atoms with E-state index in [1.165, 1.54) is 29.3 Å². The molecule has 2 aromatic carbocycles. The molecule has 1 aromatic heterocycles. The van der Waals surface area contributed by atoms with Crippen LogP contribution in [-0.4, -0.2) is 43.4 Å². The number of aromatic nitrogens is 1. The summed E-state index contributed by atoms with van der Waals surface area (Å²) in [6.45, 7) is 6.45. The van der Waals surface area contributed by atoms with Crippen molar-refractivity contribution in [2.75, 3.05) is 19.0 Å². The van der Waals surface area contributed by atoms with E-state index in [1.807, 2.05) is 6.07 Å². The molecule has 0 fully saturated rings. The molecule has 0 aliphatic carbocycles. The molecular weight excluding hydrogens is 465 g/mol. The number of pyridine rings is 1. The summed E-state index contributed by atoms with van der Waals surface area (Å²) in [5.74, 6) is -0.526. The van der Waals surface area contributed by atoms with E-state index in [0.717, 1.165) is 5.56 Å². The third-order valence-electron chi connectivity index (χ3n) is 6.16. The summed E-state index contributed by atoms with van der Waals surface area (Å²) >= 11 is 0. The quantitative estimate of drug-likeness (QED) is 0.533. The molecule has 1 aliphatic rings. The fourth-order valence-electron chi connectivity index (χ4n) is 4.35. The molecule has 9 heteroatoms. The van der Waals surface area contributed by atoms with Gasteiger partial charge in [0, 0.05) is 24.5 Å². The molecule has 1 aliphatic heterocycles. The highest BCUT2D eigenvalue weighted by molar-refractivity contribution is 6.88. The zero-order valence-electron chi connectivity index (χ0n) is 20.1. The van der Waals surface area contributed by atoms with Gasteiger partial charge in [-0.05, 0) is 53.1 Å². The molecule has 0 saturated heterocycles. The summed E-state index contributed by atoms with van der Waals surface area (Å²) in [5, 5.41) is 3.48. The predicted octanol–water partition coefficient (Wildman–Crippen LogP) is 3.45. The van der Waals surface area contributed by atoms with E-state index in [2.05, 4.69) is 29.9 Å². The number of methoxy groups -OCH3 is 1. The number of carbonyl (C=O) groups is 2. The molecule has 2 amide bonds. The maximum absolute atomic E-state index is 14.8. The lowest BCUT2D eigenvalue weighted by atomic mass is 9.91. The van der Waals surface area contributed by atoms with Crippen LogP contribution in [0.2, 0.25) is 19.6 Å².